The van der Waals surface area contributed by atoms with Gasteiger partial charge in [-0.3, -0.25) is 9.36 Å². The van der Waals surface area contributed by atoms with E-state index in [0.717, 1.165) is 11.3 Å². The van der Waals surface area contributed by atoms with Crippen LogP contribution < -0.4 is 5.56 Å². The van der Waals surface area contributed by atoms with Crippen LogP contribution in [0.3, 0.4) is 0 Å². The molecule has 0 unspecified atom stereocenters. The van der Waals surface area contributed by atoms with Crippen molar-refractivity contribution < 1.29 is 0 Å². The zero-order chi connectivity index (χ0) is 14.8. The van der Waals surface area contributed by atoms with Gasteiger partial charge in [-0.2, -0.15) is 5.10 Å². The maximum Gasteiger partial charge on any atom is 0.255 e. The third-order valence-electron chi connectivity index (χ3n) is 3.17. The molecule has 0 radical (unpaired) electrons. The summed E-state index contributed by atoms with van der Waals surface area (Å²) in [4.78, 5) is 16.1. The second kappa shape index (κ2) is 5.54. The maximum atomic E-state index is 12.0. The standard InChI is InChI=1S/C15H13ClN4O/c1-11-18-14(16)7-15(21)19(11)9-12-8-17-20(10-12)13-5-3-2-4-6-13/h2-8,10H,9H2,1H3. The van der Waals surface area contributed by atoms with Crippen molar-refractivity contribution in [3.63, 3.8) is 0 Å². The highest BCUT2D eigenvalue weighted by Gasteiger charge is 2.07. The first-order valence-electron chi connectivity index (χ1n) is 6.46. The fourth-order valence-corrected chi connectivity index (χ4v) is 2.34. The maximum absolute atomic E-state index is 12.0. The van der Waals surface area contributed by atoms with Crippen LogP contribution in [0.25, 0.3) is 5.69 Å². The van der Waals surface area contributed by atoms with Crippen molar-refractivity contribution in [1.82, 2.24) is 19.3 Å². The van der Waals surface area contributed by atoms with Crippen LogP contribution in [0.5, 0.6) is 0 Å². The minimum absolute atomic E-state index is 0.167. The van der Waals surface area contributed by atoms with Crippen LogP contribution in [0.1, 0.15) is 11.4 Å². The van der Waals surface area contributed by atoms with Gasteiger partial charge in [-0.1, -0.05) is 29.8 Å². The highest BCUT2D eigenvalue weighted by molar-refractivity contribution is 6.29. The fourth-order valence-electron chi connectivity index (χ4n) is 2.13. The van der Waals surface area contributed by atoms with Crippen molar-refractivity contribution in [2.75, 3.05) is 0 Å². The topological polar surface area (TPSA) is 52.7 Å². The average Bonchev–Trinajstić information content (AvgIpc) is 2.92. The molecule has 21 heavy (non-hydrogen) atoms. The van der Waals surface area contributed by atoms with E-state index in [1.165, 1.54) is 6.07 Å². The molecule has 0 spiro atoms. The Morgan fingerprint density at radius 2 is 2.00 bits per heavy atom. The molecule has 0 saturated carbocycles. The second-order valence-corrected chi connectivity index (χ2v) is 5.07. The van der Waals surface area contributed by atoms with E-state index in [1.807, 2.05) is 36.5 Å². The molecule has 0 bridgehead atoms. The number of hydrogen-bond donors (Lipinski definition) is 0. The lowest BCUT2D eigenvalue weighted by molar-refractivity contribution is 0.700. The molecule has 0 aliphatic carbocycles. The molecule has 0 aliphatic rings. The third kappa shape index (κ3) is 2.87. The Labute approximate surface area is 126 Å². The summed E-state index contributed by atoms with van der Waals surface area (Å²) in [7, 11) is 0. The van der Waals surface area contributed by atoms with Crippen molar-refractivity contribution in [3.05, 3.63) is 75.7 Å². The molecule has 0 fully saturated rings. The highest BCUT2D eigenvalue weighted by Crippen LogP contribution is 2.09. The second-order valence-electron chi connectivity index (χ2n) is 4.68. The van der Waals surface area contributed by atoms with Gasteiger partial charge in [-0.25, -0.2) is 9.67 Å². The SMILES string of the molecule is Cc1nc(Cl)cc(=O)n1Cc1cnn(-c2ccccc2)c1. The van der Waals surface area contributed by atoms with E-state index in [1.54, 1.807) is 22.4 Å². The molecule has 0 atom stereocenters. The first-order valence-corrected chi connectivity index (χ1v) is 6.84. The largest absolute Gasteiger partial charge is 0.292 e. The molecule has 0 N–H and O–H groups in total. The summed E-state index contributed by atoms with van der Waals surface area (Å²) in [5, 5.41) is 4.53. The molecule has 0 aliphatic heterocycles. The van der Waals surface area contributed by atoms with Gasteiger partial charge < -0.3 is 0 Å². The molecule has 0 saturated heterocycles. The lowest BCUT2D eigenvalue weighted by atomic mass is 10.3. The molecule has 0 amide bonds. The normalized spacial score (nSPS) is 10.8. The van der Waals surface area contributed by atoms with Crippen LogP contribution in [0.15, 0.2) is 53.6 Å². The van der Waals surface area contributed by atoms with Crippen molar-refractivity contribution in [1.29, 1.82) is 0 Å². The number of aromatic nitrogens is 4. The lowest BCUT2D eigenvalue weighted by Crippen LogP contribution is -2.23. The Bertz CT molecular complexity index is 823. The predicted molar refractivity (Wildman–Crippen MR) is 80.9 cm³/mol. The summed E-state index contributed by atoms with van der Waals surface area (Å²) in [6, 6.07) is 11.1. The van der Waals surface area contributed by atoms with Gasteiger partial charge in [0.25, 0.3) is 5.56 Å². The van der Waals surface area contributed by atoms with E-state index < -0.39 is 0 Å². The van der Waals surface area contributed by atoms with Crippen molar-refractivity contribution in [3.8, 4) is 5.69 Å². The molecule has 2 heterocycles. The monoisotopic (exact) mass is 300 g/mol. The third-order valence-corrected chi connectivity index (χ3v) is 3.36. The first kappa shape index (κ1) is 13.6. The van der Waals surface area contributed by atoms with Crippen LogP contribution in [0, 0.1) is 6.92 Å². The van der Waals surface area contributed by atoms with E-state index in [4.69, 9.17) is 11.6 Å². The summed E-state index contributed by atoms with van der Waals surface area (Å²) in [6.07, 6.45) is 3.64. The van der Waals surface area contributed by atoms with Gasteiger partial charge in [0.2, 0.25) is 0 Å². The average molecular weight is 301 g/mol. The number of nitrogens with zero attached hydrogens (tertiary/aromatic N) is 4. The molecule has 5 nitrogen and oxygen atoms in total. The summed E-state index contributed by atoms with van der Waals surface area (Å²) in [6.45, 7) is 2.18. The minimum Gasteiger partial charge on any atom is -0.292 e. The Hall–Kier alpha value is -2.40. The summed E-state index contributed by atoms with van der Waals surface area (Å²) < 4.78 is 3.34. The summed E-state index contributed by atoms with van der Waals surface area (Å²) in [5.74, 6) is 0.583. The number of rotatable bonds is 3. The predicted octanol–water partition coefficient (Wildman–Crippen LogP) is 2.44. The molecule has 1 aromatic carbocycles. The number of aryl methyl sites for hydroxylation is 1. The van der Waals surface area contributed by atoms with Gasteiger partial charge in [0.05, 0.1) is 18.4 Å². The number of para-hydroxylation sites is 1. The molecule has 2 aromatic heterocycles. The quantitative estimate of drug-likeness (QED) is 0.698. The van der Waals surface area contributed by atoms with E-state index in [2.05, 4.69) is 10.1 Å². The molecular weight excluding hydrogens is 288 g/mol. The van der Waals surface area contributed by atoms with Gasteiger partial charge >= 0.3 is 0 Å². The van der Waals surface area contributed by atoms with Gasteiger partial charge in [-0.15, -0.1) is 0 Å². The number of hydrogen-bond acceptors (Lipinski definition) is 3. The van der Waals surface area contributed by atoms with Crippen molar-refractivity contribution in [2.24, 2.45) is 0 Å². The lowest BCUT2D eigenvalue weighted by Gasteiger charge is -2.07. The van der Waals surface area contributed by atoms with E-state index >= 15 is 0 Å². The van der Waals surface area contributed by atoms with E-state index in [0.29, 0.717) is 12.4 Å². The van der Waals surface area contributed by atoms with Crippen LogP contribution in [0.4, 0.5) is 0 Å². The first-order chi connectivity index (χ1) is 10.1. The van der Waals surface area contributed by atoms with Crippen molar-refractivity contribution >= 4 is 11.6 Å². The van der Waals surface area contributed by atoms with Crippen LogP contribution in [-0.2, 0) is 6.54 Å². The number of benzene rings is 1. The highest BCUT2D eigenvalue weighted by atomic mass is 35.5. The Kier molecular flexibility index (Phi) is 3.58. The molecular formula is C15H13ClN4O. The molecule has 6 heteroatoms. The van der Waals surface area contributed by atoms with Gasteiger partial charge in [-0.05, 0) is 19.1 Å². The van der Waals surface area contributed by atoms with Gasteiger partial charge in [0.15, 0.2) is 0 Å². The van der Waals surface area contributed by atoms with Gasteiger partial charge in [0, 0.05) is 17.8 Å². The molecule has 3 rings (SSSR count). The molecule has 3 aromatic rings. The van der Waals surface area contributed by atoms with Gasteiger partial charge in [0.1, 0.15) is 11.0 Å². The van der Waals surface area contributed by atoms with Crippen molar-refractivity contribution in [2.45, 2.75) is 13.5 Å². The van der Waals surface area contributed by atoms with Crippen LogP contribution >= 0.6 is 11.6 Å². The van der Waals surface area contributed by atoms with Crippen LogP contribution in [-0.4, -0.2) is 19.3 Å². The van der Waals surface area contributed by atoms with E-state index in [9.17, 15) is 4.79 Å². The summed E-state index contributed by atoms with van der Waals surface area (Å²) >= 11 is 5.77. The molecule has 106 valence electrons. The zero-order valence-corrected chi connectivity index (χ0v) is 12.2. The Morgan fingerprint density at radius 1 is 1.24 bits per heavy atom. The van der Waals surface area contributed by atoms with E-state index in [-0.39, 0.29) is 10.7 Å². The summed E-state index contributed by atoms with van der Waals surface area (Å²) in [5.41, 5.74) is 1.73. The Balaban J connectivity index is 1.91. The zero-order valence-electron chi connectivity index (χ0n) is 11.4. The Morgan fingerprint density at radius 3 is 2.71 bits per heavy atom. The minimum atomic E-state index is -0.167. The smallest absolute Gasteiger partial charge is 0.255 e. The number of halogens is 1. The fraction of sp³-hybridized carbons (Fsp3) is 0.133. The van der Waals surface area contributed by atoms with Crippen LogP contribution in [0.2, 0.25) is 5.15 Å².